The third-order valence-corrected chi connectivity index (χ3v) is 3.16. The van der Waals surface area contributed by atoms with Crippen molar-refractivity contribution in [1.29, 1.82) is 0 Å². The number of rotatable bonds is 6. The van der Waals surface area contributed by atoms with Crippen molar-refractivity contribution in [1.82, 2.24) is 5.32 Å². The highest BCUT2D eigenvalue weighted by Gasteiger charge is 2.08. The fourth-order valence-electron chi connectivity index (χ4n) is 1.36. The minimum Gasteiger partial charge on any atom is -0.349 e. The van der Waals surface area contributed by atoms with E-state index >= 15 is 0 Å². The van der Waals surface area contributed by atoms with Crippen LogP contribution in [0.5, 0.6) is 0 Å². The molecule has 1 rings (SSSR count). The maximum atomic E-state index is 11.5. The molecule has 0 bridgehead atoms. The van der Waals surface area contributed by atoms with Gasteiger partial charge in [0.05, 0.1) is 11.8 Å². The molecule has 0 aromatic heterocycles. The molecular weight excluding hydrogens is 220 g/mol. The maximum absolute atomic E-state index is 11.5. The zero-order chi connectivity index (χ0) is 11.8. The highest BCUT2D eigenvalue weighted by atomic mass is 32.2. The average Bonchev–Trinajstić information content (AvgIpc) is 2.30. The van der Waals surface area contributed by atoms with Crippen molar-refractivity contribution in [2.75, 3.05) is 18.1 Å². The molecule has 0 saturated heterocycles. The molecule has 0 spiro atoms. The van der Waals surface area contributed by atoms with E-state index in [-0.39, 0.29) is 11.9 Å². The van der Waals surface area contributed by atoms with Crippen molar-refractivity contribution in [3.05, 3.63) is 35.9 Å². The van der Waals surface area contributed by atoms with E-state index < -0.39 is 0 Å². The van der Waals surface area contributed by atoms with Gasteiger partial charge in [-0.15, -0.1) is 0 Å². The fourth-order valence-corrected chi connectivity index (χ4v) is 1.94. The summed E-state index contributed by atoms with van der Waals surface area (Å²) >= 11 is 1.56. The Balaban J connectivity index is 2.34. The van der Waals surface area contributed by atoms with Gasteiger partial charge < -0.3 is 11.1 Å². The molecule has 0 heterocycles. The van der Waals surface area contributed by atoms with Crippen molar-refractivity contribution in [3.8, 4) is 0 Å². The largest absolute Gasteiger partial charge is 0.349 e. The van der Waals surface area contributed by atoms with Crippen LogP contribution in [0.15, 0.2) is 30.3 Å². The molecule has 0 saturated carbocycles. The standard InChI is InChI=1S/C12H18N2OS/c1-10(11-5-3-2-4-6-11)14-12(15)9-16-8-7-13/h2-6,10H,7-9,13H2,1H3,(H,14,15). The zero-order valence-corrected chi connectivity index (χ0v) is 10.3. The van der Waals surface area contributed by atoms with Crippen molar-refractivity contribution >= 4 is 17.7 Å². The monoisotopic (exact) mass is 238 g/mol. The molecule has 1 aromatic rings. The van der Waals surface area contributed by atoms with Gasteiger partial charge in [0.25, 0.3) is 0 Å². The van der Waals surface area contributed by atoms with E-state index in [4.69, 9.17) is 5.73 Å². The normalized spacial score (nSPS) is 12.1. The van der Waals surface area contributed by atoms with E-state index in [1.807, 2.05) is 37.3 Å². The summed E-state index contributed by atoms with van der Waals surface area (Å²) in [7, 11) is 0. The SMILES string of the molecule is CC(NC(=O)CSCCN)c1ccccc1. The van der Waals surface area contributed by atoms with Gasteiger partial charge in [0.1, 0.15) is 0 Å². The number of carbonyl (C=O) groups is 1. The predicted molar refractivity (Wildman–Crippen MR) is 69.4 cm³/mol. The first-order chi connectivity index (χ1) is 7.74. The van der Waals surface area contributed by atoms with E-state index in [0.717, 1.165) is 11.3 Å². The van der Waals surface area contributed by atoms with Gasteiger partial charge in [-0.1, -0.05) is 30.3 Å². The fraction of sp³-hybridized carbons (Fsp3) is 0.417. The van der Waals surface area contributed by atoms with Crippen molar-refractivity contribution in [3.63, 3.8) is 0 Å². The van der Waals surface area contributed by atoms with Crippen LogP contribution < -0.4 is 11.1 Å². The molecule has 1 atom stereocenters. The lowest BCUT2D eigenvalue weighted by Gasteiger charge is -2.13. The number of carbonyl (C=O) groups excluding carboxylic acids is 1. The summed E-state index contributed by atoms with van der Waals surface area (Å²) in [6.07, 6.45) is 0. The second-order valence-electron chi connectivity index (χ2n) is 3.54. The number of nitrogens with one attached hydrogen (secondary N) is 1. The topological polar surface area (TPSA) is 55.1 Å². The summed E-state index contributed by atoms with van der Waals surface area (Å²) in [6.45, 7) is 2.60. The van der Waals surface area contributed by atoms with Crippen LogP contribution in [0.1, 0.15) is 18.5 Å². The summed E-state index contributed by atoms with van der Waals surface area (Å²) in [5, 5.41) is 2.95. The molecule has 3 N–H and O–H groups in total. The van der Waals surface area contributed by atoms with Crippen LogP contribution >= 0.6 is 11.8 Å². The Morgan fingerprint density at radius 3 is 2.75 bits per heavy atom. The van der Waals surface area contributed by atoms with Crippen LogP contribution in [-0.2, 0) is 4.79 Å². The molecule has 0 aliphatic carbocycles. The molecule has 0 fully saturated rings. The van der Waals surface area contributed by atoms with Crippen LogP contribution in [0.4, 0.5) is 0 Å². The summed E-state index contributed by atoms with van der Waals surface area (Å²) in [5.74, 6) is 1.37. The molecule has 3 nitrogen and oxygen atoms in total. The van der Waals surface area contributed by atoms with Gasteiger partial charge >= 0.3 is 0 Å². The lowest BCUT2D eigenvalue weighted by atomic mass is 10.1. The quantitative estimate of drug-likeness (QED) is 0.739. The third kappa shape index (κ3) is 4.68. The molecule has 0 aliphatic heterocycles. The highest BCUT2D eigenvalue weighted by Crippen LogP contribution is 2.11. The summed E-state index contributed by atoms with van der Waals surface area (Å²) in [6, 6.07) is 10.0. The summed E-state index contributed by atoms with van der Waals surface area (Å²) in [4.78, 5) is 11.5. The lowest BCUT2D eigenvalue weighted by molar-refractivity contribution is -0.119. The molecule has 4 heteroatoms. The molecule has 1 amide bonds. The van der Waals surface area contributed by atoms with Crippen LogP contribution in [-0.4, -0.2) is 24.0 Å². The zero-order valence-electron chi connectivity index (χ0n) is 9.48. The Morgan fingerprint density at radius 2 is 2.12 bits per heavy atom. The van der Waals surface area contributed by atoms with Gasteiger partial charge in [0, 0.05) is 12.3 Å². The number of hydrogen-bond acceptors (Lipinski definition) is 3. The lowest BCUT2D eigenvalue weighted by Crippen LogP contribution is -2.28. The van der Waals surface area contributed by atoms with Crippen molar-refractivity contribution < 1.29 is 4.79 Å². The van der Waals surface area contributed by atoms with E-state index in [0.29, 0.717) is 12.3 Å². The highest BCUT2D eigenvalue weighted by molar-refractivity contribution is 7.99. The van der Waals surface area contributed by atoms with Gasteiger partial charge in [-0.2, -0.15) is 11.8 Å². The van der Waals surface area contributed by atoms with E-state index in [2.05, 4.69) is 5.32 Å². The number of amides is 1. The molecule has 0 aliphatic rings. The van der Waals surface area contributed by atoms with E-state index in [9.17, 15) is 4.79 Å². The van der Waals surface area contributed by atoms with Crippen LogP contribution in [0.2, 0.25) is 0 Å². The second kappa shape index (κ2) is 7.30. The van der Waals surface area contributed by atoms with Gasteiger partial charge in [-0.3, -0.25) is 4.79 Å². The molecule has 1 unspecified atom stereocenters. The Hall–Kier alpha value is -1.00. The predicted octanol–water partition coefficient (Wildman–Crippen LogP) is 1.56. The van der Waals surface area contributed by atoms with Gasteiger partial charge in [-0.05, 0) is 12.5 Å². The Morgan fingerprint density at radius 1 is 1.44 bits per heavy atom. The van der Waals surface area contributed by atoms with Gasteiger partial charge in [-0.25, -0.2) is 0 Å². The number of thioether (sulfide) groups is 1. The van der Waals surface area contributed by atoms with Crippen LogP contribution in [0.25, 0.3) is 0 Å². The molecule has 16 heavy (non-hydrogen) atoms. The Kier molecular flexibility index (Phi) is 5.96. The maximum Gasteiger partial charge on any atom is 0.230 e. The van der Waals surface area contributed by atoms with E-state index in [1.165, 1.54) is 0 Å². The molecule has 88 valence electrons. The molecule has 1 aromatic carbocycles. The molecular formula is C12H18N2OS. The van der Waals surface area contributed by atoms with Crippen molar-refractivity contribution in [2.45, 2.75) is 13.0 Å². The first-order valence-electron chi connectivity index (χ1n) is 5.36. The van der Waals surface area contributed by atoms with Crippen LogP contribution in [0, 0.1) is 0 Å². The van der Waals surface area contributed by atoms with Gasteiger partial charge in [0.15, 0.2) is 0 Å². The third-order valence-electron chi connectivity index (χ3n) is 2.17. The van der Waals surface area contributed by atoms with Gasteiger partial charge in [0.2, 0.25) is 5.91 Å². The molecule has 0 radical (unpaired) electrons. The smallest absolute Gasteiger partial charge is 0.230 e. The summed E-state index contributed by atoms with van der Waals surface area (Å²) < 4.78 is 0. The first kappa shape index (κ1) is 13.1. The first-order valence-corrected chi connectivity index (χ1v) is 6.51. The number of benzene rings is 1. The second-order valence-corrected chi connectivity index (χ2v) is 4.65. The minimum absolute atomic E-state index is 0.0622. The summed E-state index contributed by atoms with van der Waals surface area (Å²) in [5.41, 5.74) is 6.48. The van der Waals surface area contributed by atoms with E-state index in [1.54, 1.807) is 11.8 Å². The minimum atomic E-state index is 0.0622. The number of hydrogen-bond donors (Lipinski definition) is 2. The van der Waals surface area contributed by atoms with Crippen LogP contribution in [0.3, 0.4) is 0 Å². The average molecular weight is 238 g/mol. The van der Waals surface area contributed by atoms with Crippen molar-refractivity contribution in [2.24, 2.45) is 5.73 Å². The Labute approximate surface area is 101 Å². The number of nitrogens with two attached hydrogens (primary N) is 1. The Bertz CT molecular complexity index is 316.